The Bertz CT molecular complexity index is 676. The molecule has 0 fully saturated rings. The number of aryl methyl sites for hydroxylation is 2. The van der Waals surface area contributed by atoms with Crippen molar-refractivity contribution in [3.8, 4) is 5.75 Å². The zero-order chi connectivity index (χ0) is 16.8. The van der Waals surface area contributed by atoms with E-state index in [1.165, 1.54) is 0 Å². The van der Waals surface area contributed by atoms with Gasteiger partial charge in [-0.2, -0.15) is 0 Å². The molecule has 3 nitrogen and oxygen atoms in total. The van der Waals surface area contributed by atoms with Crippen LogP contribution in [0.2, 0.25) is 0 Å². The van der Waals surface area contributed by atoms with Gasteiger partial charge >= 0.3 is 5.97 Å². The predicted molar refractivity (Wildman–Crippen MR) is 92.2 cm³/mol. The fraction of sp³-hybridized carbons (Fsp3) is 0.350. The van der Waals surface area contributed by atoms with E-state index >= 15 is 0 Å². The first kappa shape index (κ1) is 17.1. The van der Waals surface area contributed by atoms with Crippen molar-refractivity contribution >= 4 is 5.97 Å². The summed E-state index contributed by atoms with van der Waals surface area (Å²) in [5, 5.41) is 9.73. The molecule has 0 heterocycles. The molecule has 0 radical (unpaired) electrons. The van der Waals surface area contributed by atoms with Crippen molar-refractivity contribution in [2.24, 2.45) is 0 Å². The highest BCUT2D eigenvalue weighted by atomic mass is 16.5. The van der Waals surface area contributed by atoms with E-state index in [-0.39, 0.29) is 0 Å². The van der Waals surface area contributed by atoms with Gasteiger partial charge in [-0.05, 0) is 49.4 Å². The van der Waals surface area contributed by atoms with Crippen molar-refractivity contribution in [2.45, 2.75) is 39.5 Å². The quantitative estimate of drug-likeness (QED) is 0.818. The summed E-state index contributed by atoms with van der Waals surface area (Å²) in [6, 6.07) is 13.7. The molecule has 1 N–H and O–H groups in total. The molecule has 0 saturated heterocycles. The molecule has 0 aliphatic heterocycles. The van der Waals surface area contributed by atoms with Crippen LogP contribution in [0.15, 0.2) is 42.5 Å². The van der Waals surface area contributed by atoms with E-state index in [4.69, 9.17) is 4.74 Å². The van der Waals surface area contributed by atoms with Crippen LogP contribution in [0.25, 0.3) is 0 Å². The Labute approximate surface area is 137 Å². The lowest BCUT2D eigenvalue weighted by Crippen LogP contribution is -2.16. The smallest absolute Gasteiger partial charge is 0.311 e. The zero-order valence-electron chi connectivity index (χ0n) is 14.0. The monoisotopic (exact) mass is 312 g/mol. The second-order valence-corrected chi connectivity index (χ2v) is 5.91. The number of rotatable bonds is 7. The lowest BCUT2D eigenvalue weighted by atomic mass is 9.88. The molecule has 0 saturated carbocycles. The van der Waals surface area contributed by atoms with Crippen LogP contribution in [0.1, 0.15) is 41.5 Å². The first-order valence-electron chi connectivity index (χ1n) is 8.03. The third kappa shape index (κ3) is 4.35. The Hall–Kier alpha value is -2.29. The Balaban J connectivity index is 2.34. The molecule has 2 rings (SSSR count). The molecular weight excluding hydrogens is 288 g/mol. The highest BCUT2D eigenvalue weighted by Crippen LogP contribution is 2.29. The zero-order valence-corrected chi connectivity index (χ0v) is 14.0. The lowest BCUT2D eigenvalue weighted by molar-refractivity contribution is -0.138. The van der Waals surface area contributed by atoms with Crippen LogP contribution in [0.4, 0.5) is 0 Å². The van der Waals surface area contributed by atoms with Crippen LogP contribution in [-0.2, 0) is 11.2 Å². The second-order valence-electron chi connectivity index (χ2n) is 5.91. The van der Waals surface area contributed by atoms with Crippen molar-refractivity contribution in [3.63, 3.8) is 0 Å². The summed E-state index contributed by atoms with van der Waals surface area (Å²) in [5.74, 6) is -0.587. The highest BCUT2D eigenvalue weighted by molar-refractivity contribution is 5.77. The minimum atomic E-state index is -0.802. The third-order valence-corrected chi connectivity index (χ3v) is 3.97. The van der Waals surface area contributed by atoms with E-state index < -0.39 is 11.9 Å². The van der Waals surface area contributed by atoms with E-state index in [9.17, 15) is 9.90 Å². The standard InChI is InChI=1S/C20H24O3/c1-4-11-23-19-8-6-5-7-16(19)13-18(20(21)22)17-12-14(2)9-10-15(17)3/h5-10,12,18H,4,11,13H2,1-3H3,(H,21,22). The van der Waals surface area contributed by atoms with Crippen LogP contribution < -0.4 is 4.74 Å². The molecule has 0 aliphatic rings. The van der Waals surface area contributed by atoms with Crippen molar-refractivity contribution in [1.29, 1.82) is 0 Å². The number of carboxylic acids is 1. The van der Waals surface area contributed by atoms with Gasteiger partial charge in [0.1, 0.15) is 5.75 Å². The molecule has 122 valence electrons. The Morgan fingerprint density at radius 3 is 2.61 bits per heavy atom. The molecule has 1 atom stereocenters. The molecule has 2 aromatic rings. The van der Waals surface area contributed by atoms with Crippen LogP contribution in [0.5, 0.6) is 5.75 Å². The van der Waals surface area contributed by atoms with Crippen molar-refractivity contribution < 1.29 is 14.6 Å². The van der Waals surface area contributed by atoms with Gasteiger partial charge in [0, 0.05) is 0 Å². The van der Waals surface area contributed by atoms with Gasteiger partial charge in [0.2, 0.25) is 0 Å². The summed E-state index contributed by atoms with van der Waals surface area (Å²) in [6.07, 6.45) is 1.35. The number of benzene rings is 2. The minimum Gasteiger partial charge on any atom is -0.493 e. The van der Waals surface area contributed by atoms with Gasteiger partial charge in [-0.3, -0.25) is 4.79 Å². The summed E-state index contributed by atoms with van der Waals surface area (Å²) in [5.41, 5.74) is 3.90. The van der Waals surface area contributed by atoms with Crippen LogP contribution in [0, 0.1) is 13.8 Å². The van der Waals surface area contributed by atoms with Gasteiger partial charge in [0.15, 0.2) is 0 Å². The predicted octanol–water partition coefficient (Wildman–Crippen LogP) is 4.50. The van der Waals surface area contributed by atoms with Gasteiger partial charge in [0.25, 0.3) is 0 Å². The van der Waals surface area contributed by atoms with E-state index in [2.05, 4.69) is 6.92 Å². The number of carboxylic acid groups (broad SMARTS) is 1. The molecule has 0 amide bonds. The van der Waals surface area contributed by atoms with Crippen molar-refractivity contribution in [2.75, 3.05) is 6.61 Å². The van der Waals surface area contributed by atoms with Crippen molar-refractivity contribution in [1.82, 2.24) is 0 Å². The summed E-state index contributed by atoms with van der Waals surface area (Å²) in [6.45, 7) is 6.64. The fourth-order valence-corrected chi connectivity index (χ4v) is 2.71. The molecule has 0 aliphatic carbocycles. The van der Waals surface area contributed by atoms with Crippen LogP contribution in [-0.4, -0.2) is 17.7 Å². The van der Waals surface area contributed by atoms with E-state index in [1.54, 1.807) is 0 Å². The number of hydrogen-bond acceptors (Lipinski definition) is 2. The fourth-order valence-electron chi connectivity index (χ4n) is 2.71. The number of ether oxygens (including phenoxy) is 1. The lowest BCUT2D eigenvalue weighted by Gasteiger charge is -2.18. The van der Waals surface area contributed by atoms with Crippen molar-refractivity contribution in [3.05, 3.63) is 64.7 Å². The molecule has 0 aromatic heterocycles. The Morgan fingerprint density at radius 2 is 1.91 bits per heavy atom. The summed E-state index contributed by atoms with van der Waals surface area (Å²) in [4.78, 5) is 11.9. The minimum absolute atomic E-state index is 0.430. The van der Waals surface area contributed by atoms with Gasteiger partial charge in [-0.15, -0.1) is 0 Å². The molecule has 1 unspecified atom stereocenters. The van der Waals surface area contributed by atoms with Crippen LogP contribution in [0.3, 0.4) is 0 Å². The van der Waals surface area contributed by atoms with Gasteiger partial charge < -0.3 is 9.84 Å². The number of carbonyl (C=O) groups is 1. The number of aliphatic carboxylic acids is 1. The van der Waals surface area contributed by atoms with Gasteiger partial charge in [-0.1, -0.05) is 48.9 Å². The van der Waals surface area contributed by atoms with E-state index in [1.807, 2.05) is 56.3 Å². The summed E-state index contributed by atoms with van der Waals surface area (Å²) < 4.78 is 5.76. The third-order valence-electron chi connectivity index (χ3n) is 3.97. The first-order chi connectivity index (χ1) is 11.0. The normalized spacial score (nSPS) is 12.0. The second kappa shape index (κ2) is 7.82. The van der Waals surface area contributed by atoms with E-state index in [0.29, 0.717) is 13.0 Å². The molecule has 2 aromatic carbocycles. The van der Waals surface area contributed by atoms with Gasteiger partial charge in [0.05, 0.1) is 12.5 Å². The van der Waals surface area contributed by atoms with Crippen LogP contribution >= 0.6 is 0 Å². The molecule has 0 spiro atoms. The Morgan fingerprint density at radius 1 is 1.17 bits per heavy atom. The molecule has 0 bridgehead atoms. The Kier molecular flexibility index (Phi) is 5.80. The largest absolute Gasteiger partial charge is 0.493 e. The molecule has 23 heavy (non-hydrogen) atoms. The average molecular weight is 312 g/mol. The SMILES string of the molecule is CCCOc1ccccc1CC(C(=O)O)c1cc(C)ccc1C. The maximum absolute atomic E-state index is 11.9. The maximum atomic E-state index is 11.9. The number of hydrogen-bond donors (Lipinski definition) is 1. The highest BCUT2D eigenvalue weighted by Gasteiger charge is 2.23. The van der Waals surface area contributed by atoms with Gasteiger partial charge in [-0.25, -0.2) is 0 Å². The van der Waals surface area contributed by atoms with E-state index in [0.717, 1.165) is 34.4 Å². The molecular formula is C20H24O3. The average Bonchev–Trinajstić information content (AvgIpc) is 2.53. The summed E-state index contributed by atoms with van der Waals surface area (Å²) in [7, 11) is 0. The molecule has 3 heteroatoms. The first-order valence-corrected chi connectivity index (χ1v) is 8.03. The number of para-hydroxylation sites is 1. The topological polar surface area (TPSA) is 46.5 Å². The summed E-state index contributed by atoms with van der Waals surface area (Å²) >= 11 is 0. The maximum Gasteiger partial charge on any atom is 0.311 e.